The van der Waals surface area contributed by atoms with Crippen LogP contribution in [0.4, 0.5) is 22.7 Å². The highest BCUT2D eigenvalue weighted by Crippen LogP contribution is 2.30. The number of aliphatic hydroxyl groups excluding tert-OH is 4. The molecule has 6 rings (SSSR count). The van der Waals surface area contributed by atoms with E-state index in [1.54, 1.807) is 59.4 Å². The van der Waals surface area contributed by atoms with Gasteiger partial charge in [-0.05, 0) is 74.0 Å². The number of ketones is 2. The van der Waals surface area contributed by atoms with E-state index in [1.807, 2.05) is 43.3 Å². The van der Waals surface area contributed by atoms with Crippen molar-refractivity contribution in [3.63, 3.8) is 0 Å². The number of carbonyl (C=O) groups is 2. The molecule has 7 N–H and O–H groups in total. The number of carbonyl (C=O) groups excluding carboxylic acids is 2. The Balaban J connectivity index is 0.968. The predicted octanol–water partition coefficient (Wildman–Crippen LogP) is 3.36. The number of fused-ring (bicyclic) bond motifs is 1. The second kappa shape index (κ2) is 23.6. The Hall–Kier alpha value is -5.63. The van der Waals surface area contributed by atoms with Crippen molar-refractivity contribution in [2.75, 3.05) is 57.3 Å². The molecule has 22 heteroatoms. The number of nitrogens with one attached hydrogen (secondary N) is 1. The van der Waals surface area contributed by atoms with E-state index in [2.05, 4.69) is 25.9 Å². The van der Waals surface area contributed by atoms with Gasteiger partial charge in [-0.1, -0.05) is 29.5 Å². The summed E-state index contributed by atoms with van der Waals surface area (Å²) < 4.78 is 57.7. The van der Waals surface area contributed by atoms with Gasteiger partial charge in [0.05, 0.1) is 50.0 Å². The van der Waals surface area contributed by atoms with Crippen LogP contribution in [0.2, 0.25) is 0 Å². The van der Waals surface area contributed by atoms with Gasteiger partial charge in [0.1, 0.15) is 29.3 Å². The summed E-state index contributed by atoms with van der Waals surface area (Å²) in [4.78, 5) is 28.2. The smallest absolute Gasteiger partial charge is 0.295 e. The van der Waals surface area contributed by atoms with E-state index in [1.165, 1.54) is 12.1 Å². The molecular formula is C46H57N7O14S. The number of aromatic nitrogens is 3. The van der Waals surface area contributed by atoms with Crippen molar-refractivity contribution in [1.29, 1.82) is 0 Å². The van der Waals surface area contributed by atoms with Crippen molar-refractivity contribution in [3.8, 4) is 0 Å². The van der Waals surface area contributed by atoms with Gasteiger partial charge in [-0.2, -0.15) is 18.6 Å². The molecule has 1 saturated heterocycles. The Morgan fingerprint density at radius 1 is 0.897 bits per heavy atom. The van der Waals surface area contributed by atoms with Crippen LogP contribution in [-0.2, 0) is 46.8 Å². The van der Waals surface area contributed by atoms with Gasteiger partial charge in [-0.3, -0.25) is 14.1 Å². The summed E-state index contributed by atoms with van der Waals surface area (Å²) >= 11 is 0. The molecule has 68 heavy (non-hydrogen) atoms. The molecule has 1 aliphatic rings. The standard InChI is InChI=1S/C46H57N7O14S/c1-46(60,40(56)11-6-22-47-36-9-4-8-35-34(36)7-5-10-39(35)68(61,62)63)45(67-44-43(59)42(58)41(57)38(28-54)66-44)65-26-25-64-24-23-53-27-32(50-51-53)18-21-37(55)29-12-14-30(15-13-29)48-49-31-16-19-33(20-17-31)52(2)3/h4-5,7-10,12-17,19-20,27,38,41-45,47,54,57-60H,6,11,18,21-26,28H2,1-3H3,(H,61,62,63)/t38-,41-,42+,43-,44+,45-,46+/m1/s1. The molecule has 0 bridgehead atoms. The van der Waals surface area contributed by atoms with Crippen molar-refractivity contribution >= 4 is 55.2 Å². The largest absolute Gasteiger partial charge is 0.394 e. The van der Waals surface area contributed by atoms with Gasteiger partial charge in [-0.15, -0.1) is 5.10 Å². The molecule has 4 aromatic carbocycles. The van der Waals surface area contributed by atoms with Crippen LogP contribution in [0.1, 0.15) is 42.2 Å². The van der Waals surface area contributed by atoms with Crippen LogP contribution in [-0.4, -0.2) is 155 Å². The number of anilines is 2. The number of benzene rings is 4. The average molecular weight is 964 g/mol. The van der Waals surface area contributed by atoms with E-state index < -0.39 is 65.1 Å². The lowest BCUT2D eigenvalue weighted by atomic mass is 9.95. The normalized spacial score (nSPS) is 20.0. The number of hydrogen-bond donors (Lipinski definition) is 7. The van der Waals surface area contributed by atoms with Gasteiger partial charge < -0.3 is 54.7 Å². The number of nitrogens with zero attached hydrogens (tertiary/aromatic N) is 6. The molecule has 1 fully saturated rings. The number of aryl methyl sites for hydroxylation is 1. The van der Waals surface area contributed by atoms with E-state index in [0.717, 1.165) is 12.6 Å². The Kier molecular flexibility index (Phi) is 18.0. The van der Waals surface area contributed by atoms with Crippen LogP contribution in [0.15, 0.2) is 106 Å². The summed E-state index contributed by atoms with van der Waals surface area (Å²) in [5.41, 5.74) is 1.68. The van der Waals surface area contributed by atoms with Gasteiger partial charge >= 0.3 is 0 Å². The second-order valence-electron chi connectivity index (χ2n) is 16.4. The fourth-order valence-corrected chi connectivity index (χ4v) is 7.93. The first kappa shape index (κ1) is 51.8. The highest BCUT2D eigenvalue weighted by Gasteiger charge is 2.49. The topological polar surface area (TPSA) is 297 Å². The first-order chi connectivity index (χ1) is 32.5. The lowest BCUT2D eigenvalue weighted by molar-refractivity contribution is -0.355. The fraction of sp³-hybridized carbons (Fsp3) is 0.435. The lowest BCUT2D eigenvalue weighted by Crippen LogP contribution is -2.61. The number of ether oxygens (including phenoxy) is 4. The van der Waals surface area contributed by atoms with Gasteiger partial charge in [0.15, 0.2) is 29.7 Å². The molecule has 0 unspecified atom stereocenters. The van der Waals surface area contributed by atoms with Gasteiger partial charge in [0, 0.05) is 73.8 Å². The second-order valence-corrected chi connectivity index (χ2v) is 17.8. The third kappa shape index (κ3) is 13.5. The van der Waals surface area contributed by atoms with Gasteiger partial charge in [0.25, 0.3) is 10.1 Å². The summed E-state index contributed by atoms with van der Waals surface area (Å²) in [5, 5.41) is 73.2. The predicted molar refractivity (Wildman–Crippen MR) is 247 cm³/mol. The minimum absolute atomic E-state index is 0.0624. The van der Waals surface area contributed by atoms with E-state index in [-0.39, 0.29) is 62.9 Å². The van der Waals surface area contributed by atoms with Crippen LogP contribution < -0.4 is 10.2 Å². The van der Waals surface area contributed by atoms with Crippen molar-refractivity contribution < 1.29 is 67.0 Å². The number of azo groups is 1. The molecule has 21 nitrogen and oxygen atoms in total. The number of Topliss-reactive ketones (excluding diaryl/α,β-unsaturated/α-hetero) is 2. The highest BCUT2D eigenvalue weighted by molar-refractivity contribution is 7.86. The van der Waals surface area contributed by atoms with E-state index in [4.69, 9.17) is 18.9 Å². The van der Waals surface area contributed by atoms with Crippen molar-refractivity contribution in [1.82, 2.24) is 15.0 Å². The van der Waals surface area contributed by atoms with Crippen LogP contribution in [0.5, 0.6) is 0 Å². The molecule has 0 spiro atoms. The van der Waals surface area contributed by atoms with Crippen LogP contribution in [0.3, 0.4) is 0 Å². The number of rotatable bonds is 25. The highest BCUT2D eigenvalue weighted by atomic mass is 32.2. The molecule has 366 valence electrons. The maximum Gasteiger partial charge on any atom is 0.295 e. The van der Waals surface area contributed by atoms with E-state index in [9.17, 15) is 48.1 Å². The molecule has 7 atom stereocenters. The summed E-state index contributed by atoms with van der Waals surface area (Å²) in [6.45, 7) is 0.729. The van der Waals surface area contributed by atoms with E-state index in [0.29, 0.717) is 45.5 Å². The lowest BCUT2D eigenvalue weighted by Gasteiger charge is -2.42. The minimum Gasteiger partial charge on any atom is -0.394 e. The summed E-state index contributed by atoms with van der Waals surface area (Å²) in [6, 6.07) is 23.8. The molecule has 0 aliphatic carbocycles. The average Bonchev–Trinajstić information content (AvgIpc) is 3.79. The van der Waals surface area contributed by atoms with Gasteiger partial charge in [-0.25, -0.2) is 4.68 Å². The quantitative estimate of drug-likeness (QED) is 0.0145. The van der Waals surface area contributed by atoms with Crippen LogP contribution in [0, 0.1) is 0 Å². The van der Waals surface area contributed by atoms with Crippen molar-refractivity contribution in [3.05, 3.63) is 102 Å². The Morgan fingerprint density at radius 2 is 1.57 bits per heavy atom. The maximum absolute atomic E-state index is 13.6. The molecule has 5 aromatic rings. The number of hydrogen-bond acceptors (Lipinski definition) is 19. The zero-order valence-electron chi connectivity index (χ0n) is 37.7. The molecule has 0 radical (unpaired) electrons. The zero-order chi connectivity index (χ0) is 49.0. The SMILES string of the molecule is CN(C)c1ccc(N=Nc2ccc(C(=O)CCc3cn(CCOCCO[C@H](O[C@@H]4O[C@H](CO)[C@@H](O)[C@H](O)[C@H]4O)[C@@](C)(O)C(=O)CCCNc4cccc5c(S(=O)(=O)O)cccc45)nn3)cc2)cc1. The van der Waals surface area contributed by atoms with Crippen molar-refractivity contribution in [2.45, 2.75) is 86.6 Å². The molecule has 2 heterocycles. The zero-order valence-corrected chi connectivity index (χ0v) is 38.6. The molecule has 0 saturated carbocycles. The van der Waals surface area contributed by atoms with Crippen molar-refractivity contribution in [2.24, 2.45) is 10.2 Å². The third-order valence-electron chi connectivity index (χ3n) is 11.2. The van der Waals surface area contributed by atoms with Crippen LogP contribution >= 0.6 is 0 Å². The number of aliphatic hydroxyl groups is 5. The van der Waals surface area contributed by atoms with Gasteiger partial charge in [0.2, 0.25) is 0 Å². The first-order valence-corrected chi connectivity index (χ1v) is 23.3. The van der Waals surface area contributed by atoms with E-state index >= 15 is 0 Å². The maximum atomic E-state index is 13.6. The Morgan fingerprint density at radius 3 is 2.25 bits per heavy atom. The van der Waals surface area contributed by atoms with Crippen LogP contribution in [0.25, 0.3) is 10.8 Å². The monoisotopic (exact) mass is 963 g/mol. The summed E-state index contributed by atoms with van der Waals surface area (Å²) in [5.74, 6) is -0.806. The Labute approximate surface area is 392 Å². The summed E-state index contributed by atoms with van der Waals surface area (Å²) in [6.07, 6.45) is -8.00. The minimum atomic E-state index is -4.49. The molecular weight excluding hydrogens is 907 g/mol. The first-order valence-electron chi connectivity index (χ1n) is 21.8. The Bertz CT molecular complexity index is 2590. The summed E-state index contributed by atoms with van der Waals surface area (Å²) in [7, 11) is -0.571. The third-order valence-corrected chi connectivity index (χ3v) is 12.1. The fourth-order valence-electron chi connectivity index (χ4n) is 7.22. The molecule has 0 amide bonds. The molecule has 1 aromatic heterocycles. The molecule has 1 aliphatic heterocycles.